The number of aryl methyl sites for hydroxylation is 3. The fourth-order valence-electron chi connectivity index (χ4n) is 2.49. The number of para-hydroxylation sites is 1. The van der Waals surface area contributed by atoms with E-state index in [-0.39, 0.29) is 10.6 Å². The maximum Gasteiger partial charge on any atom is 0.263 e. The van der Waals surface area contributed by atoms with Gasteiger partial charge in [0, 0.05) is 15.8 Å². The van der Waals surface area contributed by atoms with Gasteiger partial charge in [0.05, 0.1) is 16.9 Å². The molecule has 3 aromatic rings. The van der Waals surface area contributed by atoms with E-state index in [0.29, 0.717) is 21.9 Å². The second-order valence-corrected chi connectivity index (χ2v) is 8.38. The molecule has 0 aliphatic rings. The van der Waals surface area contributed by atoms with Crippen LogP contribution in [0.4, 0.5) is 10.1 Å². The molecular weight excluding hydrogens is 351 g/mol. The summed E-state index contributed by atoms with van der Waals surface area (Å²) in [5, 5.41) is 3.82. The highest BCUT2D eigenvalue weighted by Gasteiger charge is 2.28. The molecule has 0 aliphatic heterocycles. The molecule has 0 spiro atoms. The Bertz CT molecular complexity index is 1010. The number of halogens is 1. The van der Waals surface area contributed by atoms with Crippen LogP contribution in [0.2, 0.25) is 0 Å². The lowest BCUT2D eigenvalue weighted by Crippen LogP contribution is -2.15. The maximum atomic E-state index is 13.8. The largest absolute Gasteiger partial charge is 0.356 e. The molecule has 2 aromatic heterocycles. The SMILES string of the molecule is Cc1cc(-c2c(C)sc(C)c2S(=O)(=O)Nc2ccccc2F)on1. The third-order valence-electron chi connectivity index (χ3n) is 3.47. The number of benzene rings is 1. The van der Waals surface area contributed by atoms with Crippen molar-refractivity contribution in [1.82, 2.24) is 5.16 Å². The van der Waals surface area contributed by atoms with Gasteiger partial charge in [-0.05, 0) is 32.9 Å². The first-order valence-electron chi connectivity index (χ1n) is 7.10. The summed E-state index contributed by atoms with van der Waals surface area (Å²) in [6, 6.07) is 7.31. The minimum atomic E-state index is -3.98. The van der Waals surface area contributed by atoms with Gasteiger partial charge in [0.1, 0.15) is 10.7 Å². The van der Waals surface area contributed by atoms with Crippen molar-refractivity contribution >= 4 is 27.0 Å². The van der Waals surface area contributed by atoms with E-state index in [0.717, 1.165) is 4.88 Å². The van der Waals surface area contributed by atoms with Gasteiger partial charge in [0.15, 0.2) is 5.76 Å². The molecule has 0 saturated heterocycles. The first-order valence-corrected chi connectivity index (χ1v) is 9.40. The van der Waals surface area contributed by atoms with Crippen LogP contribution in [0.15, 0.2) is 39.8 Å². The Morgan fingerprint density at radius 1 is 1.17 bits per heavy atom. The third-order valence-corrected chi connectivity index (χ3v) is 6.15. The van der Waals surface area contributed by atoms with Crippen LogP contribution < -0.4 is 4.72 Å². The van der Waals surface area contributed by atoms with Crippen molar-refractivity contribution in [3.63, 3.8) is 0 Å². The van der Waals surface area contributed by atoms with Crippen LogP contribution in [0.25, 0.3) is 11.3 Å². The van der Waals surface area contributed by atoms with E-state index in [9.17, 15) is 12.8 Å². The van der Waals surface area contributed by atoms with E-state index in [1.807, 2.05) is 6.92 Å². The molecule has 0 atom stereocenters. The Balaban J connectivity index is 2.13. The number of hydrogen-bond acceptors (Lipinski definition) is 5. The van der Waals surface area contributed by atoms with Gasteiger partial charge in [0.2, 0.25) is 0 Å². The summed E-state index contributed by atoms with van der Waals surface area (Å²) in [4.78, 5) is 1.47. The number of nitrogens with zero attached hydrogens (tertiary/aromatic N) is 1. The maximum absolute atomic E-state index is 13.8. The lowest BCUT2D eigenvalue weighted by Gasteiger charge is -2.10. The normalized spacial score (nSPS) is 11.7. The number of rotatable bonds is 4. The fourth-order valence-corrected chi connectivity index (χ4v) is 5.43. The van der Waals surface area contributed by atoms with Crippen molar-refractivity contribution in [2.24, 2.45) is 0 Å². The average Bonchev–Trinajstić information content (AvgIpc) is 3.04. The zero-order valence-electron chi connectivity index (χ0n) is 13.3. The molecule has 0 amide bonds. The monoisotopic (exact) mass is 366 g/mol. The van der Waals surface area contributed by atoms with E-state index in [1.54, 1.807) is 26.0 Å². The molecule has 8 heteroatoms. The number of anilines is 1. The highest BCUT2D eigenvalue weighted by molar-refractivity contribution is 7.93. The van der Waals surface area contributed by atoms with Gasteiger partial charge in [-0.3, -0.25) is 4.72 Å². The molecule has 126 valence electrons. The van der Waals surface area contributed by atoms with Gasteiger partial charge in [-0.15, -0.1) is 11.3 Å². The van der Waals surface area contributed by atoms with Gasteiger partial charge in [-0.1, -0.05) is 17.3 Å². The number of aromatic nitrogens is 1. The molecule has 0 bridgehead atoms. The molecule has 0 fully saturated rings. The summed E-state index contributed by atoms with van der Waals surface area (Å²) >= 11 is 1.34. The Morgan fingerprint density at radius 3 is 2.50 bits per heavy atom. The second kappa shape index (κ2) is 6.03. The Morgan fingerprint density at radius 2 is 1.88 bits per heavy atom. The van der Waals surface area contributed by atoms with Crippen molar-refractivity contribution in [1.29, 1.82) is 0 Å². The van der Waals surface area contributed by atoms with Crippen LogP contribution in [0, 0.1) is 26.6 Å². The van der Waals surface area contributed by atoms with Crippen molar-refractivity contribution in [2.45, 2.75) is 25.7 Å². The summed E-state index contributed by atoms with van der Waals surface area (Å²) in [5.41, 5.74) is 1.01. The lowest BCUT2D eigenvalue weighted by molar-refractivity contribution is 0.426. The van der Waals surface area contributed by atoms with Crippen LogP contribution in [0.3, 0.4) is 0 Å². The van der Waals surface area contributed by atoms with Crippen molar-refractivity contribution in [3.05, 3.63) is 51.6 Å². The molecule has 1 aromatic carbocycles. The Kier molecular flexibility index (Phi) is 4.18. The van der Waals surface area contributed by atoms with Crippen LogP contribution in [-0.2, 0) is 10.0 Å². The predicted octanol–water partition coefficient (Wildman–Crippen LogP) is 4.27. The Labute approximate surface area is 143 Å². The molecule has 2 heterocycles. The molecule has 0 radical (unpaired) electrons. The molecule has 1 N–H and O–H groups in total. The van der Waals surface area contributed by atoms with Gasteiger partial charge >= 0.3 is 0 Å². The summed E-state index contributed by atoms with van der Waals surface area (Å²) in [5.74, 6) is -0.258. The zero-order chi connectivity index (χ0) is 17.5. The van der Waals surface area contributed by atoms with E-state index >= 15 is 0 Å². The van der Waals surface area contributed by atoms with Crippen LogP contribution >= 0.6 is 11.3 Å². The average molecular weight is 366 g/mol. The van der Waals surface area contributed by atoms with Crippen molar-refractivity contribution in [2.75, 3.05) is 4.72 Å². The van der Waals surface area contributed by atoms with E-state index in [4.69, 9.17) is 4.52 Å². The zero-order valence-corrected chi connectivity index (χ0v) is 14.9. The molecule has 0 unspecified atom stereocenters. The molecule has 24 heavy (non-hydrogen) atoms. The lowest BCUT2D eigenvalue weighted by atomic mass is 10.2. The van der Waals surface area contributed by atoms with Gasteiger partial charge in [-0.25, -0.2) is 12.8 Å². The van der Waals surface area contributed by atoms with Crippen LogP contribution in [-0.4, -0.2) is 13.6 Å². The smallest absolute Gasteiger partial charge is 0.263 e. The Hall–Kier alpha value is -2.19. The van der Waals surface area contributed by atoms with E-state index < -0.39 is 15.8 Å². The summed E-state index contributed by atoms with van der Waals surface area (Å²) < 4.78 is 47.1. The highest BCUT2D eigenvalue weighted by Crippen LogP contribution is 2.40. The first kappa shape index (κ1) is 16.7. The van der Waals surface area contributed by atoms with Gasteiger partial charge in [-0.2, -0.15) is 0 Å². The van der Waals surface area contributed by atoms with Crippen LogP contribution in [0.5, 0.6) is 0 Å². The van der Waals surface area contributed by atoms with Crippen LogP contribution in [0.1, 0.15) is 15.4 Å². The highest BCUT2D eigenvalue weighted by atomic mass is 32.2. The molecule has 0 saturated carbocycles. The summed E-state index contributed by atoms with van der Waals surface area (Å²) in [7, 11) is -3.98. The predicted molar refractivity (Wildman–Crippen MR) is 91.2 cm³/mol. The standard InChI is InChI=1S/C16H15FN2O3S2/c1-9-8-14(22-18-9)15-10(2)23-11(3)16(15)24(20,21)19-13-7-5-4-6-12(13)17/h4-8,19H,1-3H3. The summed E-state index contributed by atoms with van der Waals surface area (Å²) in [6.45, 7) is 5.28. The minimum absolute atomic E-state index is 0.0874. The molecule has 3 rings (SSSR count). The van der Waals surface area contributed by atoms with Gasteiger partial charge < -0.3 is 4.52 Å². The van der Waals surface area contributed by atoms with Gasteiger partial charge in [0.25, 0.3) is 10.0 Å². The fraction of sp³-hybridized carbons (Fsp3) is 0.188. The number of sulfonamides is 1. The molecular formula is C16H15FN2O3S2. The summed E-state index contributed by atoms with van der Waals surface area (Å²) in [6.07, 6.45) is 0. The first-order chi connectivity index (χ1) is 11.3. The molecule has 0 aliphatic carbocycles. The van der Waals surface area contributed by atoms with Crippen molar-refractivity contribution < 1.29 is 17.3 Å². The minimum Gasteiger partial charge on any atom is -0.356 e. The van der Waals surface area contributed by atoms with Crippen molar-refractivity contribution in [3.8, 4) is 11.3 Å². The quantitative estimate of drug-likeness (QED) is 0.748. The number of hydrogen-bond donors (Lipinski definition) is 1. The van der Waals surface area contributed by atoms with E-state index in [1.165, 1.54) is 29.5 Å². The number of thiophene rings is 1. The molecule has 5 nitrogen and oxygen atoms in total. The third kappa shape index (κ3) is 2.94. The topological polar surface area (TPSA) is 72.2 Å². The number of nitrogens with one attached hydrogen (secondary N) is 1. The van der Waals surface area contributed by atoms with E-state index in [2.05, 4.69) is 9.88 Å². The second-order valence-electron chi connectivity index (χ2n) is 5.34.